The maximum atomic E-state index is 12.6. The van der Waals surface area contributed by atoms with Gasteiger partial charge in [0.15, 0.2) is 6.61 Å². The van der Waals surface area contributed by atoms with Gasteiger partial charge in [0.25, 0.3) is 0 Å². The van der Waals surface area contributed by atoms with Crippen molar-refractivity contribution in [3.05, 3.63) is 69.2 Å². The molecular formula is C21H21NO5S. The van der Waals surface area contributed by atoms with E-state index in [1.165, 1.54) is 30.2 Å². The molecule has 0 unspecified atom stereocenters. The number of hydrogen-bond acceptors (Lipinski definition) is 6. The summed E-state index contributed by atoms with van der Waals surface area (Å²) in [4.78, 5) is 26.0. The minimum Gasteiger partial charge on any atom is -0.507 e. The number of ketones is 1. The Labute approximate surface area is 167 Å². The number of carbonyl (C=O) groups is 2. The predicted octanol–water partition coefficient (Wildman–Crippen LogP) is 3.97. The van der Waals surface area contributed by atoms with Gasteiger partial charge in [-0.2, -0.15) is 0 Å². The molecule has 1 N–H and O–H groups in total. The van der Waals surface area contributed by atoms with Crippen molar-refractivity contribution >= 4 is 23.1 Å². The Morgan fingerprint density at radius 2 is 1.93 bits per heavy atom. The highest BCUT2D eigenvalue weighted by Gasteiger charge is 2.20. The van der Waals surface area contributed by atoms with E-state index in [2.05, 4.69) is 4.57 Å². The minimum atomic E-state index is -0.780. The number of carbonyl (C=O) groups excluding carboxylic acids is 2. The molecule has 0 saturated carbocycles. The lowest BCUT2D eigenvalue weighted by molar-refractivity contribution is 0.0471. The lowest BCUT2D eigenvalue weighted by atomic mass is 10.1. The molecular weight excluding hydrogens is 378 g/mol. The topological polar surface area (TPSA) is 77.8 Å². The Kier molecular flexibility index (Phi) is 5.84. The number of phenols is 1. The molecule has 0 radical (unpaired) electrons. The molecule has 0 aliphatic heterocycles. The maximum Gasteiger partial charge on any atom is 0.342 e. The summed E-state index contributed by atoms with van der Waals surface area (Å²) in [5, 5.41) is 11.9. The third-order valence-corrected chi connectivity index (χ3v) is 5.39. The first-order valence-electron chi connectivity index (χ1n) is 8.67. The van der Waals surface area contributed by atoms with E-state index in [0.717, 1.165) is 11.4 Å². The quantitative estimate of drug-likeness (QED) is 0.480. The molecule has 2 aromatic heterocycles. The fourth-order valence-electron chi connectivity index (χ4n) is 2.98. The Balaban J connectivity index is 1.71. The Morgan fingerprint density at radius 3 is 2.61 bits per heavy atom. The van der Waals surface area contributed by atoms with Crippen LogP contribution in [0.25, 0.3) is 0 Å². The lowest BCUT2D eigenvalue weighted by Crippen LogP contribution is -2.15. The zero-order valence-corrected chi connectivity index (χ0v) is 16.7. The van der Waals surface area contributed by atoms with Gasteiger partial charge in [-0.3, -0.25) is 4.79 Å². The lowest BCUT2D eigenvalue weighted by Gasteiger charge is -2.09. The highest BCUT2D eigenvalue weighted by Crippen LogP contribution is 2.24. The van der Waals surface area contributed by atoms with Gasteiger partial charge in [0, 0.05) is 21.8 Å². The predicted molar refractivity (Wildman–Crippen MR) is 107 cm³/mol. The number of benzene rings is 1. The number of esters is 1. The van der Waals surface area contributed by atoms with Gasteiger partial charge in [-0.05, 0) is 49.6 Å². The zero-order valence-electron chi connectivity index (χ0n) is 15.9. The van der Waals surface area contributed by atoms with E-state index in [-0.39, 0.29) is 17.1 Å². The molecule has 2 heterocycles. The van der Waals surface area contributed by atoms with E-state index in [0.29, 0.717) is 17.9 Å². The first-order chi connectivity index (χ1) is 13.4. The molecule has 0 saturated heterocycles. The van der Waals surface area contributed by atoms with Crippen LogP contribution >= 0.6 is 11.3 Å². The molecule has 3 aromatic rings. The van der Waals surface area contributed by atoms with E-state index >= 15 is 0 Å². The van der Waals surface area contributed by atoms with Crippen LogP contribution in [0.3, 0.4) is 0 Å². The number of hydrogen-bond donors (Lipinski definition) is 1. The second kappa shape index (κ2) is 8.31. The van der Waals surface area contributed by atoms with Gasteiger partial charge in [0.2, 0.25) is 5.78 Å². The summed E-state index contributed by atoms with van der Waals surface area (Å²) in [5.74, 6) is -0.890. The average Bonchev–Trinajstić information content (AvgIpc) is 3.30. The molecule has 7 heteroatoms. The number of Topliss-reactive ketones (excluding diaryl/α,β-unsaturated/α-hetero) is 1. The maximum absolute atomic E-state index is 12.6. The van der Waals surface area contributed by atoms with Gasteiger partial charge in [0.1, 0.15) is 17.1 Å². The number of nitrogens with zero attached hydrogens (tertiary/aromatic N) is 1. The molecule has 3 rings (SSSR count). The van der Waals surface area contributed by atoms with E-state index < -0.39 is 12.6 Å². The largest absolute Gasteiger partial charge is 0.507 e. The Bertz CT molecular complexity index is 1000. The first kappa shape index (κ1) is 19.7. The van der Waals surface area contributed by atoms with E-state index in [1.807, 2.05) is 37.4 Å². The van der Waals surface area contributed by atoms with Crippen LogP contribution in [0.2, 0.25) is 0 Å². The van der Waals surface area contributed by atoms with Crippen LogP contribution in [-0.4, -0.2) is 35.1 Å². The second-order valence-corrected chi connectivity index (χ2v) is 7.36. The summed E-state index contributed by atoms with van der Waals surface area (Å²) in [6.45, 7) is 4.11. The van der Waals surface area contributed by atoms with Crippen molar-refractivity contribution < 1.29 is 24.2 Å². The number of thiophene rings is 1. The third-order valence-electron chi connectivity index (χ3n) is 4.53. The van der Waals surface area contributed by atoms with Gasteiger partial charge in [-0.15, -0.1) is 11.3 Å². The fraction of sp³-hybridized carbons (Fsp3) is 0.238. The van der Waals surface area contributed by atoms with Gasteiger partial charge >= 0.3 is 5.97 Å². The molecule has 0 aliphatic carbocycles. The van der Waals surface area contributed by atoms with Gasteiger partial charge < -0.3 is 19.1 Å². The van der Waals surface area contributed by atoms with Crippen LogP contribution in [0.5, 0.6) is 11.5 Å². The second-order valence-electron chi connectivity index (χ2n) is 6.33. The number of ether oxygens (including phenoxy) is 2. The van der Waals surface area contributed by atoms with Gasteiger partial charge in [0.05, 0.1) is 13.7 Å². The Hall–Kier alpha value is -3.06. The normalized spacial score (nSPS) is 10.7. The summed E-state index contributed by atoms with van der Waals surface area (Å²) < 4.78 is 12.2. The summed E-state index contributed by atoms with van der Waals surface area (Å²) in [5.41, 5.74) is 2.27. The third kappa shape index (κ3) is 4.09. The molecule has 1 aromatic carbocycles. The molecule has 0 fully saturated rings. The summed E-state index contributed by atoms with van der Waals surface area (Å²) in [7, 11) is 1.46. The van der Waals surface area contributed by atoms with Crippen LogP contribution in [0.4, 0.5) is 0 Å². The standard InChI is InChI=1S/C21H21NO5S/c1-13-9-17(14(2)22(13)11-16-5-4-8-28-16)20(24)12-27-21(25)18-10-15(26-3)6-7-19(18)23/h4-10,23H,11-12H2,1-3H3. The number of methoxy groups -OCH3 is 1. The highest BCUT2D eigenvalue weighted by atomic mass is 32.1. The molecule has 0 spiro atoms. The van der Waals surface area contributed by atoms with Crippen LogP contribution < -0.4 is 4.74 Å². The monoisotopic (exact) mass is 399 g/mol. The van der Waals surface area contributed by atoms with Crippen LogP contribution in [-0.2, 0) is 11.3 Å². The molecule has 0 amide bonds. The SMILES string of the molecule is COc1ccc(O)c(C(=O)OCC(=O)c2cc(C)n(Cc3cccs3)c2C)c1. The molecule has 6 nitrogen and oxygen atoms in total. The van der Waals surface area contributed by atoms with Crippen LogP contribution in [0, 0.1) is 13.8 Å². The molecule has 0 atom stereocenters. The number of phenolic OH excluding ortho intramolecular Hbond substituents is 1. The van der Waals surface area contributed by atoms with Crippen molar-refractivity contribution in [1.82, 2.24) is 4.57 Å². The Morgan fingerprint density at radius 1 is 1.14 bits per heavy atom. The smallest absolute Gasteiger partial charge is 0.342 e. The summed E-state index contributed by atoms with van der Waals surface area (Å²) in [6, 6.07) is 10.1. The summed E-state index contributed by atoms with van der Waals surface area (Å²) in [6.07, 6.45) is 0. The van der Waals surface area contributed by atoms with Crippen molar-refractivity contribution in [2.45, 2.75) is 20.4 Å². The summed E-state index contributed by atoms with van der Waals surface area (Å²) >= 11 is 1.66. The van der Waals surface area contributed by atoms with Crippen molar-refractivity contribution in [3.63, 3.8) is 0 Å². The number of aromatic hydroxyl groups is 1. The average molecular weight is 399 g/mol. The molecule has 146 valence electrons. The van der Waals surface area contributed by atoms with Crippen molar-refractivity contribution in [3.8, 4) is 11.5 Å². The van der Waals surface area contributed by atoms with Crippen molar-refractivity contribution in [2.75, 3.05) is 13.7 Å². The number of rotatable bonds is 7. The van der Waals surface area contributed by atoms with E-state index in [9.17, 15) is 14.7 Å². The number of aromatic nitrogens is 1. The molecule has 0 bridgehead atoms. The molecule has 28 heavy (non-hydrogen) atoms. The number of aryl methyl sites for hydroxylation is 1. The van der Waals surface area contributed by atoms with Crippen molar-refractivity contribution in [2.24, 2.45) is 0 Å². The van der Waals surface area contributed by atoms with E-state index in [1.54, 1.807) is 11.3 Å². The van der Waals surface area contributed by atoms with Crippen molar-refractivity contribution in [1.29, 1.82) is 0 Å². The zero-order chi connectivity index (χ0) is 20.3. The van der Waals surface area contributed by atoms with Gasteiger partial charge in [-0.25, -0.2) is 4.79 Å². The molecule has 0 aliphatic rings. The fourth-order valence-corrected chi connectivity index (χ4v) is 3.67. The van der Waals surface area contributed by atoms with Crippen LogP contribution in [0.15, 0.2) is 41.8 Å². The first-order valence-corrected chi connectivity index (χ1v) is 9.55. The highest BCUT2D eigenvalue weighted by molar-refractivity contribution is 7.09. The van der Waals surface area contributed by atoms with Gasteiger partial charge in [-0.1, -0.05) is 6.07 Å². The van der Waals surface area contributed by atoms with E-state index in [4.69, 9.17) is 9.47 Å². The minimum absolute atomic E-state index is 0.0460. The van der Waals surface area contributed by atoms with Crippen LogP contribution in [0.1, 0.15) is 37.0 Å².